The zero-order chi connectivity index (χ0) is 14.0. The van der Waals surface area contributed by atoms with Gasteiger partial charge in [0.05, 0.1) is 17.7 Å². The Morgan fingerprint density at radius 2 is 2.00 bits per heavy atom. The molecular formula is C16H30N2O2. The number of hydrazine groups is 1. The van der Waals surface area contributed by atoms with Gasteiger partial charge in [0.15, 0.2) is 0 Å². The lowest BCUT2D eigenvalue weighted by molar-refractivity contribution is -0.110. The zero-order valence-corrected chi connectivity index (χ0v) is 12.8. The van der Waals surface area contributed by atoms with Crippen molar-refractivity contribution in [1.82, 2.24) is 5.43 Å². The molecule has 3 fully saturated rings. The van der Waals surface area contributed by atoms with Gasteiger partial charge in [-0.05, 0) is 57.3 Å². The quantitative estimate of drug-likeness (QED) is 0.580. The molecule has 1 heterocycles. The summed E-state index contributed by atoms with van der Waals surface area (Å²) in [7, 11) is 0. The lowest BCUT2D eigenvalue weighted by Crippen LogP contribution is -2.54. The van der Waals surface area contributed by atoms with E-state index >= 15 is 0 Å². The second-order valence-electron chi connectivity index (χ2n) is 6.94. The van der Waals surface area contributed by atoms with Gasteiger partial charge in [-0.1, -0.05) is 12.8 Å². The van der Waals surface area contributed by atoms with Crippen molar-refractivity contribution in [3.05, 3.63) is 0 Å². The normalized spacial score (nSPS) is 32.4. The van der Waals surface area contributed by atoms with Gasteiger partial charge < -0.3 is 9.47 Å². The third kappa shape index (κ3) is 3.03. The van der Waals surface area contributed by atoms with Crippen molar-refractivity contribution >= 4 is 0 Å². The van der Waals surface area contributed by atoms with Crippen LogP contribution in [0.3, 0.4) is 0 Å². The monoisotopic (exact) mass is 282 g/mol. The largest absolute Gasteiger partial charge is 0.377 e. The molecule has 4 nitrogen and oxygen atoms in total. The van der Waals surface area contributed by atoms with Crippen molar-refractivity contribution in [3.8, 4) is 0 Å². The van der Waals surface area contributed by atoms with E-state index in [-0.39, 0.29) is 5.60 Å². The fraction of sp³-hybridized carbons (Fsp3) is 1.00. The third-order valence-corrected chi connectivity index (χ3v) is 5.55. The van der Waals surface area contributed by atoms with E-state index in [1.165, 1.54) is 38.5 Å². The maximum Gasteiger partial charge on any atom is 0.0772 e. The summed E-state index contributed by atoms with van der Waals surface area (Å²) in [6, 6.07) is 0.295. The Balaban J connectivity index is 1.67. The van der Waals surface area contributed by atoms with Crippen molar-refractivity contribution < 1.29 is 9.47 Å². The highest BCUT2D eigenvalue weighted by Crippen LogP contribution is 2.45. The highest BCUT2D eigenvalue weighted by molar-refractivity contribution is 4.98. The molecule has 3 unspecified atom stereocenters. The van der Waals surface area contributed by atoms with Crippen LogP contribution in [0.4, 0.5) is 0 Å². The molecule has 1 saturated heterocycles. The van der Waals surface area contributed by atoms with Gasteiger partial charge in [0.2, 0.25) is 0 Å². The van der Waals surface area contributed by atoms with Crippen molar-refractivity contribution in [2.75, 3.05) is 13.2 Å². The number of ether oxygens (including phenoxy) is 2. The Kier molecular flexibility index (Phi) is 4.65. The Morgan fingerprint density at radius 1 is 1.25 bits per heavy atom. The first-order chi connectivity index (χ1) is 9.78. The molecule has 0 amide bonds. The fourth-order valence-electron chi connectivity index (χ4n) is 4.39. The van der Waals surface area contributed by atoms with Crippen LogP contribution >= 0.6 is 0 Å². The summed E-state index contributed by atoms with van der Waals surface area (Å²) in [6.45, 7) is 3.77. The molecule has 1 aliphatic heterocycles. The molecule has 0 aromatic heterocycles. The van der Waals surface area contributed by atoms with Crippen LogP contribution < -0.4 is 11.3 Å². The van der Waals surface area contributed by atoms with Crippen molar-refractivity contribution in [3.63, 3.8) is 0 Å². The van der Waals surface area contributed by atoms with Crippen molar-refractivity contribution in [1.29, 1.82) is 0 Å². The maximum absolute atomic E-state index is 6.16. The first-order valence-corrected chi connectivity index (χ1v) is 8.50. The van der Waals surface area contributed by atoms with Crippen LogP contribution in [-0.2, 0) is 9.47 Å². The van der Waals surface area contributed by atoms with Gasteiger partial charge in [-0.25, -0.2) is 0 Å². The number of nitrogens with two attached hydrogens (primary N) is 1. The average molecular weight is 282 g/mol. The van der Waals surface area contributed by atoms with Crippen LogP contribution in [0.2, 0.25) is 0 Å². The lowest BCUT2D eigenvalue weighted by Gasteiger charge is -2.43. The zero-order valence-electron chi connectivity index (χ0n) is 12.8. The van der Waals surface area contributed by atoms with Gasteiger partial charge in [0.25, 0.3) is 0 Å². The van der Waals surface area contributed by atoms with E-state index in [9.17, 15) is 0 Å². The summed E-state index contributed by atoms with van der Waals surface area (Å²) < 4.78 is 12.2. The highest BCUT2D eigenvalue weighted by Gasteiger charge is 2.46. The minimum atomic E-state index is 0.165. The molecule has 4 heteroatoms. The molecule has 3 N–H and O–H groups in total. The predicted octanol–water partition coefficient (Wildman–Crippen LogP) is 2.37. The number of hydrogen-bond acceptors (Lipinski definition) is 4. The highest BCUT2D eigenvalue weighted by atomic mass is 16.5. The molecule has 0 aromatic rings. The Hall–Kier alpha value is -0.160. The molecule has 0 aromatic carbocycles. The van der Waals surface area contributed by atoms with Gasteiger partial charge in [0, 0.05) is 13.2 Å². The van der Waals surface area contributed by atoms with Gasteiger partial charge in [-0.3, -0.25) is 11.3 Å². The van der Waals surface area contributed by atoms with Gasteiger partial charge in [0.1, 0.15) is 0 Å². The molecule has 3 aliphatic rings. The van der Waals surface area contributed by atoms with Crippen LogP contribution in [0, 0.1) is 11.8 Å². The Bertz CT molecular complexity index is 314. The first kappa shape index (κ1) is 14.8. The molecule has 1 spiro atoms. The summed E-state index contributed by atoms with van der Waals surface area (Å²) in [6.07, 6.45) is 10.3. The summed E-state index contributed by atoms with van der Waals surface area (Å²) >= 11 is 0. The molecule has 2 saturated carbocycles. The molecule has 3 atom stereocenters. The van der Waals surface area contributed by atoms with E-state index in [2.05, 4.69) is 12.3 Å². The molecule has 20 heavy (non-hydrogen) atoms. The molecule has 0 bridgehead atoms. The van der Waals surface area contributed by atoms with Crippen molar-refractivity contribution in [2.24, 2.45) is 17.7 Å². The number of hydrogen-bond donors (Lipinski definition) is 2. The van der Waals surface area contributed by atoms with E-state index in [0.717, 1.165) is 32.0 Å². The number of nitrogens with one attached hydrogen (secondary N) is 1. The second-order valence-corrected chi connectivity index (χ2v) is 6.94. The molecular weight excluding hydrogens is 252 g/mol. The summed E-state index contributed by atoms with van der Waals surface area (Å²) in [4.78, 5) is 0. The van der Waals surface area contributed by atoms with Gasteiger partial charge >= 0.3 is 0 Å². The topological polar surface area (TPSA) is 56.5 Å². The lowest BCUT2D eigenvalue weighted by atomic mass is 9.78. The van der Waals surface area contributed by atoms with Crippen molar-refractivity contribution in [2.45, 2.75) is 76.0 Å². The van der Waals surface area contributed by atoms with E-state index in [4.69, 9.17) is 15.3 Å². The predicted molar refractivity (Wildman–Crippen MR) is 79.1 cm³/mol. The molecule has 2 aliphatic carbocycles. The van der Waals surface area contributed by atoms with Crippen LogP contribution in [0.25, 0.3) is 0 Å². The third-order valence-electron chi connectivity index (χ3n) is 5.55. The smallest absolute Gasteiger partial charge is 0.0772 e. The summed E-state index contributed by atoms with van der Waals surface area (Å²) in [5.74, 6) is 7.24. The van der Waals surface area contributed by atoms with Crippen LogP contribution in [0.1, 0.15) is 58.3 Å². The van der Waals surface area contributed by atoms with Crippen LogP contribution in [-0.4, -0.2) is 31.0 Å². The van der Waals surface area contributed by atoms with Crippen LogP contribution in [0.5, 0.6) is 0 Å². The molecule has 3 rings (SSSR count). The van der Waals surface area contributed by atoms with E-state index < -0.39 is 0 Å². The Labute approximate surface area is 122 Å². The maximum atomic E-state index is 6.16. The first-order valence-electron chi connectivity index (χ1n) is 8.50. The SMILES string of the molecule is CCOC(C1CC1)C(NN)C1CCOC2(CCCC2)C1. The van der Waals surface area contributed by atoms with Gasteiger partial charge in [-0.2, -0.15) is 0 Å². The van der Waals surface area contributed by atoms with Gasteiger partial charge in [-0.15, -0.1) is 0 Å². The fourth-order valence-corrected chi connectivity index (χ4v) is 4.39. The number of rotatable bonds is 6. The summed E-state index contributed by atoms with van der Waals surface area (Å²) in [5, 5.41) is 0. The minimum absolute atomic E-state index is 0.165. The average Bonchev–Trinajstić information content (AvgIpc) is 3.21. The minimum Gasteiger partial charge on any atom is -0.377 e. The van der Waals surface area contributed by atoms with E-state index in [1.54, 1.807) is 0 Å². The molecule has 0 radical (unpaired) electrons. The Morgan fingerprint density at radius 3 is 2.60 bits per heavy atom. The standard InChI is InChI=1S/C16H30N2O2/c1-2-19-15(12-5-6-12)14(18-17)13-7-10-20-16(11-13)8-3-4-9-16/h12-15,18H,2-11,17H2,1H3. The summed E-state index contributed by atoms with van der Waals surface area (Å²) in [5.41, 5.74) is 3.27. The second kappa shape index (κ2) is 6.30. The van der Waals surface area contributed by atoms with E-state index in [0.29, 0.717) is 18.1 Å². The van der Waals surface area contributed by atoms with E-state index in [1.807, 2.05) is 0 Å². The van der Waals surface area contributed by atoms with Crippen LogP contribution in [0.15, 0.2) is 0 Å². The molecule has 116 valence electrons.